The third-order valence-electron chi connectivity index (χ3n) is 3.57. The lowest BCUT2D eigenvalue weighted by molar-refractivity contribution is -0.153. The molecule has 0 aromatic carbocycles. The zero-order valence-electron chi connectivity index (χ0n) is 23.8. The summed E-state index contributed by atoms with van der Waals surface area (Å²) in [6, 6.07) is 0. The summed E-state index contributed by atoms with van der Waals surface area (Å²) in [6.07, 6.45) is -2.21. The Morgan fingerprint density at radius 2 is 0.879 bits per heavy atom. The van der Waals surface area contributed by atoms with E-state index in [0.717, 1.165) is 0 Å². The molecule has 0 saturated heterocycles. The molecule has 0 aromatic rings. The van der Waals surface area contributed by atoms with Crippen molar-refractivity contribution >= 4 is 53.5 Å². The highest BCUT2D eigenvalue weighted by atomic mass is 28.4. The molecule has 0 spiro atoms. The fraction of sp³-hybridized carbons (Fsp3) is 0.905. The Morgan fingerprint density at radius 1 is 0.515 bits per heavy atom. The Labute approximate surface area is 207 Å². The highest BCUT2D eigenvalue weighted by Crippen LogP contribution is 2.26. The zero-order valence-corrected chi connectivity index (χ0v) is 28.8. The predicted molar refractivity (Wildman–Crippen MR) is 148 cm³/mol. The molecule has 0 bridgehead atoms. The van der Waals surface area contributed by atoms with Crippen LogP contribution in [0.1, 0.15) is 6.42 Å². The van der Waals surface area contributed by atoms with E-state index in [9.17, 15) is 9.59 Å². The number of carbonyl (C=O) groups excluding carboxylic acids is 2. The van der Waals surface area contributed by atoms with Crippen LogP contribution in [0.15, 0.2) is 0 Å². The Balaban J connectivity index is 6.31. The molecular weight excluding hydrogens is 505 g/mol. The number of hydrogen-bond acceptors (Lipinski definition) is 7. The summed E-state index contributed by atoms with van der Waals surface area (Å²) in [6.45, 7) is 30.2. The van der Waals surface area contributed by atoms with Crippen LogP contribution in [0.4, 0.5) is 0 Å². The maximum absolute atomic E-state index is 13.3. The third kappa shape index (κ3) is 17.1. The normalized spacial score (nSPS) is 16.7. The zero-order chi connectivity index (χ0) is 26.6. The molecule has 0 N–H and O–H groups in total. The van der Waals surface area contributed by atoms with E-state index in [0.29, 0.717) is 0 Å². The number of rotatable bonds is 13. The van der Waals surface area contributed by atoms with Gasteiger partial charge in [-0.25, -0.2) is 0 Å². The molecule has 12 heteroatoms. The largest absolute Gasteiger partial charge is 0.518 e. The van der Waals surface area contributed by atoms with Gasteiger partial charge in [0.1, 0.15) is 6.10 Å². The highest BCUT2D eigenvalue weighted by Gasteiger charge is 2.43. The van der Waals surface area contributed by atoms with Gasteiger partial charge in [0.25, 0.3) is 0 Å². The van der Waals surface area contributed by atoms with E-state index < -0.39 is 65.9 Å². The number of hydrogen-bond donors (Lipinski definition) is 0. The van der Waals surface area contributed by atoms with Crippen LogP contribution < -0.4 is 0 Å². The van der Waals surface area contributed by atoms with Crippen LogP contribution in [0.25, 0.3) is 0 Å². The van der Waals surface area contributed by atoms with Crippen molar-refractivity contribution in [3.63, 3.8) is 0 Å². The molecule has 1 unspecified atom stereocenters. The molecule has 33 heavy (non-hydrogen) atoms. The lowest BCUT2D eigenvalue weighted by atomic mass is 10.1. The van der Waals surface area contributed by atoms with Gasteiger partial charge in [-0.05, 0) is 98.2 Å². The molecule has 0 heterocycles. The predicted octanol–water partition coefficient (Wildman–Crippen LogP) is 5.79. The fourth-order valence-electron chi connectivity index (χ4n) is 2.90. The maximum Gasteiger partial charge on any atom is 0.323 e. The minimum atomic E-state index is -2.16. The molecule has 196 valence electrons. The molecular formula is C21H50O7Si5. The van der Waals surface area contributed by atoms with Gasteiger partial charge < -0.3 is 22.1 Å². The molecule has 3 atom stereocenters. The average molecular weight is 555 g/mol. The van der Waals surface area contributed by atoms with Crippen LogP contribution in [-0.2, 0) is 31.7 Å². The van der Waals surface area contributed by atoms with Crippen molar-refractivity contribution in [3.05, 3.63) is 0 Å². The lowest BCUT2D eigenvalue weighted by Gasteiger charge is -2.38. The Morgan fingerprint density at radius 3 is 1.21 bits per heavy atom. The van der Waals surface area contributed by atoms with Crippen molar-refractivity contribution in [2.45, 2.75) is 123 Å². The summed E-state index contributed by atoms with van der Waals surface area (Å²) in [5, 5.41) is 0. The van der Waals surface area contributed by atoms with Crippen LogP contribution in [0.3, 0.4) is 0 Å². The van der Waals surface area contributed by atoms with E-state index in [2.05, 4.69) is 19.6 Å². The second kappa shape index (κ2) is 11.8. The van der Waals surface area contributed by atoms with Gasteiger partial charge in [-0.1, -0.05) is 0 Å². The summed E-state index contributed by atoms with van der Waals surface area (Å²) in [5.74, 6) is -0.795. The van der Waals surface area contributed by atoms with E-state index in [1.54, 1.807) is 0 Å². The first-order valence-corrected chi connectivity index (χ1v) is 28.8. The van der Waals surface area contributed by atoms with Gasteiger partial charge >= 0.3 is 11.9 Å². The highest BCUT2D eigenvalue weighted by molar-refractivity contribution is 6.72. The van der Waals surface area contributed by atoms with Gasteiger partial charge in [0.15, 0.2) is 31.1 Å². The maximum atomic E-state index is 13.3. The molecule has 0 saturated carbocycles. The summed E-state index contributed by atoms with van der Waals surface area (Å²) in [7, 11) is -10.7. The van der Waals surface area contributed by atoms with E-state index in [1.165, 1.54) is 0 Å². The average Bonchev–Trinajstić information content (AvgIpc) is 2.44. The second-order valence-electron chi connectivity index (χ2n) is 13.4. The van der Waals surface area contributed by atoms with Crippen molar-refractivity contribution in [1.82, 2.24) is 0 Å². The molecule has 0 fully saturated rings. The van der Waals surface area contributed by atoms with E-state index in [-0.39, 0.29) is 12.4 Å². The van der Waals surface area contributed by atoms with Gasteiger partial charge in [-0.3, -0.25) is 9.59 Å². The van der Waals surface area contributed by atoms with E-state index >= 15 is 0 Å². The molecule has 7 nitrogen and oxygen atoms in total. The Bertz CT molecular complexity index is 652. The van der Waals surface area contributed by atoms with Crippen molar-refractivity contribution in [3.8, 4) is 0 Å². The minimum Gasteiger partial charge on any atom is -0.518 e. The van der Waals surface area contributed by atoms with Gasteiger partial charge in [-0.15, -0.1) is 0 Å². The van der Waals surface area contributed by atoms with Crippen LogP contribution >= 0.6 is 0 Å². The third-order valence-corrected chi connectivity index (χ3v) is 8.16. The van der Waals surface area contributed by atoms with Gasteiger partial charge in [-0.2, -0.15) is 0 Å². The van der Waals surface area contributed by atoms with Crippen LogP contribution in [0.5, 0.6) is 0 Å². The van der Waals surface area contributed by atoms with Crippen molar-refractivity contribution in [2.24, 2.45) is 0 Å². The van der Waals surface area contributed by atoms with Gasteiger partial charge in [0.2, 0.25) is 16.6 Å². The first-order valence-electron chi connectivity index (χ1n) is 11.8. The molecule has 0 radical (unpaired) electrons. The summed E-state index contributed by atoms with van der Waals surface area (Å²) in [4.78, 5) is 26.5. The summed E-state index contributed by atoms with van der Waals surface area (Å²) in [5.41, 5.74) is 0. The van der Waals surface area contributed by atoms with E-state index in [1.807, 2.05) is 78.6 Å². The quantitative estimate of drug-likeness (QED) is 0.266. The monoisotopic (exact) mass is 554 g/mol. The smallest absolute Gasteiger partial charge is 0.323 e. The van der Waals surface area contributed by atoms with Crippen molar-refractivity contribution in [1.29, 1.82) is 0 Å². The van der Waals surface area contributed by atoms with Crippen molar-refractivity contribution in [2.75, 3.05) is 0 Å². The first-order chi connectivity index (χ1) is 14.3. The number of carbonyl (C=O) groups is 2. The second-order valence-corrected chi connectivity index (χ2v) is 35.7. The Kier molecular flexibility index (Phi) is 11.7. The van der Waals surface area contributed by atoms with Crippen molar-refractivity contribution < 1.29 is 31.7 Å². The Hall–Kier alpha value is -0.0956. The molecule has 0 rings (SSSR count). The molecule has 0 aliphatic rings. The van der Waals surface area contributed by atoms with Gasteiger partial charge in [0, 0.05) is 6.42 Å². The SMILES string of the molecule is C[Si](C)(C)OC(=O)C(O[Si](C)(C)C)[C@H](C[C@H](O[Si](C)(C)C)C(=O)O[Si](C)(C)C)O[Si](C)(C)C. The molecule has 0 aromatic heterocycles. The van der Waals surface area contributed by atoms with Crippen LogP contribution in [0, 0.1) is 0 Å². The lowest BCUT2D eigenvalue weighted by Crippen LogP contribution is -2.53. The standard InChI is InChI=1S/C21H50O7Si5/c1-29(2,3)24-17(19(26-31(7,8)9)21(23)28-33(13,14)15)16-18(25-30(4,5)6)20(22)27-32(10,11)12/h17-19H,16H2,1-15H3/t17-,18-,19?/m0/s1. The summed E-state index contributed by atoms with van der Waals surface area (Å²) >= 11 is 0. The van der Waals surface area contributed by atoms with Crippen LogP contribution in [0.2, 0.25) is 98.2 Å². The first kappa shape index (κ1) is 32.9. The topological polar surface area (TPSA) is 80.3 Å². The molecule has 0 amide bonds. The van der Waals surface area contributed by atoms with Crippen LogP contribution in [-0.4, -0.2) is 71.8 Å². The molecule has 0 aliphatic carbocycles. The fourth-order valence-corrected chi connectivity index (χ4v) is 7.54. The van der Waals surface area contributed by atoms with E-state index in [4.69, 9.17) is 22.1 Å². The summed E-state index contributed by atoms with van der Waals surface area (Å²) < 4.78 is 30.8. The minimum absolute atomic E-state index is 0.188. The van der Waals surface area contributed by atoms with Gasteiger partial charge in [0.05, 0.1) is 6.10 Å². The molecule has 0 aliphatic heterocycles.